The lowest BCUT2D eigenvalue weighted by Crippen LogP contribution is -2.07. The minimum absolute atomic E-state index is 0.353. The molecule has 86 valence electrons. The van der Waals surface area contributed by atoms with E-state index in [1.165, 1.54) is 0 Å². The van der Waals surface area contributed by atoms with Crippen molar-refractivity contribution >= 4 is 22.5 Å². The zero-order chi connectivity index (χ0) is 12.4. The first-order chi connectivity index (χ1) is 8.09. The number of aryl methyl sites for hydroxylation is 1. The molecule has 2 rings (SSSR count). The summed E-state index contributed by atoms with van der Waals surface area (Å²) < 4.78 is 0. The van der Waals surface area contributed by atoms with E-state index in [1.54, 1.807) is 6.07 Å². The number of carboxylic acids is 1. The van der Waals surface area contributed by atoms with Crippen LogP contribution in [0.3, 0.4) is 0 Å². The van der Waals surface area contributed by atoms with Crippen LogP contribution in [0.1, 0.15) is 22.3 Å². The number of rotatable bonds is 3. The molecule has 2 aromatic rings. The molecular weight excluding hydrogens is 216 g/mol. The van der Waals surface area contributed by atoms with Crippen LogP contribution in [0.25, 0.3) is 10.8 Å². The Labute approximate surface area is 98.7 Å². The molecule has 0 atom stereocenters. The zero-order valence-electron chi connectivity index (χ0n) is 9.43. The van der Waals surface area contributed by atoms with Gasteiger partial charge in [0.25, 0.3) is 0 Å². The molecule has 0 spiro atoms. The second-order valence-electron chi connectivity index (χ2n) is 3.97. The van der Waals surface area contributed by atoms with Gasteiger partial charge in [-0.3, -0.25) is 9.59 Å². The molecule has 0 aliphatic carbocycles. The molecule has 0 aliphatic rings. The van der Waals surface area contributed by atoms with Gasteiger partial charge in [-0.25, -0.2) is 0 Å². The monoisotopic (exact) mass is 228 g/mol. The standard InChI is InChI=1S/C14H12O3/c1-9-6-7-12(13(15)8-14(16)17)11-5-3-2-4-10(9)11/h2-7H,8H2,1H3,(H,16,17). The Bertz CT molecular complexity index is 599. The molecule has 2 aromatic carbocycles. The number of benzene rings is 2. The Morgan fingerprint density at radius 3 is 2.35 bits per heavy atom. The van der Waals surface area contributed by atoms with Crippen molar-refractivity contribution in [3.05, 3.63) is 47.5 Å². The number of aliphatic carboxylic acids is 1. The lowest BCUT2D eigenvalue weighted by molar-refractivity contribution is -0.135. The van der Waals surface area contributed by atoms with Crippen LogP contribution in [0.4, 0.5) is 0 Å². The highest BCUT2D eigenvalue weighted by Gasteiger charge is 2.13. The van der Waals surface area contributed by atoms with Crippen LogP contribution in [0.15, 0.2) is 36.4 Å². The van der Waals surface area contributed by atoms with E-state index in [1.807, 2.05) is 37.3 Å². The summed E-state index contributed by atoms with van der Waals surface area (Å²) in [6.07, 6.45) is -0.465. The van der Waals surface area contributed by atoms with E-state index in [0.717, 1.165) is 16.3 Å². The predicted molar refractivity (Wildman–Crippen MR) is 65.3 cm³/mol. The first-order valence-electron chi connectivity index (χ1n) is 5.33. The predicted octanol–water partition coefficient (Wildman–Crippen LogP) is 2.81. The maximum absolute atomic E-state index is 11.8. The highest BCUT2D eigenvalue weighted by molar-refractivity contribution is 6.13. The summed E-state index contributed by atoms with van der Waals surface area (Å²) in [7, 11) is 0. The fourth-order valence-corrected chi connectivity index (χ4v) is 1.93. The van der Waals surface area contributed by atoms with Crippen LogP contribution in [0.2, 0.25) is 0 Å². The van der Waals surface area contributed by atoms with Gasteiger partial charge in [0.1, 0.15) is 6.42 Å². The van der Waals surface area contributed by atoms with Crippen molar-refractivity contribution in [2.75, 3.05) is 0 Å². The van der Waals surface area contributed by atoms with E-state index in [9.17, 15) is 9.59 Å². The molecule has 17 heavy (non-hydrogen) atoms. The summed E-state index contributed by atoms with van der Waals surface area (Å²) in [5, 5.41) is 10.5. The van der Waals surface area contributed by atoms with Gasteiger partial charge in [0.05, 0.1) is 0 Å². The van der Waals surface area contributed by atoms with Gasteiger partial charge in [0.2, 0.25) is 0 Å². The molecule has 0 saturated carbocycles. The SMILES string of the molecule is Cc1ccc(C(=O)CC(=O)O)c2ccccc12. The Morgan fingerprint density at radius 2 is 1.71 bits per heavy atom. The first-order valence-corrected chi connectivity index (χ1v) is 5.33. The minimum atomic E-state index is -1.10. The maximum Gasteiger partial charge on any atom is 0.311 e. The van der Waals surface area contributed by atoms with Crippen LogP contribution in [-0.2, 0) is 4.79 Å². The second kappa shape index (κ2) is 4.37. The molecule has 3 nitrogen and oxygen atoms in total. The van der Waals surface area contributed by atoms with Crippen LogP contribution in [-0.4, -0.2) is 16.9 Å². The van der Waals surface area contributed by atoms with Crippen LogP contribution in [0.5, 0.6) is 0 Å². The molecule has 0 saturated heterocycles. The van der Waals surface area contributed by atoms with Gasteiger partial charge < -0.3 is 5.11 Å². The van der Waals surface area contributed by atoms with Gasteiger partial charge in [0.15, 0.2) is 5.78 Å². The molecular formula is C14H12O3. The number of fused-ring (bicyclic) bond motifs is 1. The van der Waals surface area contributed by atoms with Crippen molar-refractivity contribution < 1.29 is 14.7 Å². The summed E-state index contributed by atoms with van der Waals surface area (Å²) >= 11 is 0. The topological polar surface area (TPSA) is 54.4 Å². The molecule has 0 heterocycles. The number of hydrogen-bond donors (Lipinski definition) is 1. The molecule has 0 fully saturated rings. The van der Waals surface area contributed by atoms with E-state index in [4.69, 9.17) is 5.11 Å². The van der Waals surface area contributed by atoms with Gasteiger partial charge in [-0.1, -0.05) is 36.4 Å². The fraction of sp³-hybridized carbons (Fsp3) is 0.143. The maximum atomic E-state index is 11.8. The lowest BCUT2D eigenvalue weighted by Gasteiger charge is -2.07. The Hall–Kier alpha value is -2.16. The molecule has 0 radical (unpaired) electrons. The van der Waals surface area contributed by atoms with E-state index >= 15 is 0 Å². The van der Waals surface area contributed by atoms with Gasteiger partial charge in [-0.2, -0.15) is 0 Å². The van der Waals surface area contributed by atoms with Crippen molar-refractivity contribution in [2.45, 2.75) is 13.3 Å². The van der Waals surface area contributed by atoms with Crippen LogP contribution >= 0.6 is 0 Å². The summed E-state index contributed by atoms with van der Waals surface area (Å²) in [5.41, 5.74) is 1.56. The smallest absolute Gasteiger partial charge is 0.311 e. The molecule has 0 aromatic heterocycles. The number of carbonyl (C=O) groups is 2. The quantitative estimate of drug-likeness (QED) is 0.649. The molecule has 0 aliphatic heterocycles. The van der Waals surface area contributed by atoms with Gasteiger partial charge in [0, 0.05) is 5.56 Å². The number of carboxylic acid groups (broad SMARTS) is 1. The number of Topliss-reactive ketones (excluding diaryl/α,β-unsaturated/α-hetero) is 1. The van der Waals surface area contributed by atoms with E-state index in [0.29, 0.717) is 5.56 Å². The third-order valence-electron chi connectivity index (χ3n) is 2.75. The van der Waals surface area contributed by atoms with Crippen molar-refractivity contribution in [1.82, 2.24) is 0 Å². The highest BCUT2D eigenvalue weighted by Crippen LogP contribution is 2.23. The second-order valence-corrected chi connectivity index (χ2v) is 3.97. The first kappa shape index (κ1) is 11.3. The van der Waals surface area contributed by atoms with Crippen molar-refractivity contribution in [3.8, 4) is 0 Å². The molecule has 3 heteroatoms. The van der Waals surface area contributed by atoms with Crippen LogP contribution < -0.4 is 0 Å². The summed E-state index contributed by atoms with van der Waals surface area (Å²) in [6.45, 7) is 1.97. The zero-order valence-corrected chi connectivity index (χ0v) is 9.43. The fourth-order valence-electron chi connectivity index (χ4n) is 1.93. The summed E-state index contributed by atoms with van der Waals surface area (Å²) in [4.78, 5) is 22.4. The van der Waals surface area contributed by atoms with E-state index < -0.39 is 12.4 Å². The van der Waals surface area contributed by atoms with Gasteiger partial charge in [-0.05, 0) is 23.3 Å². The number of carbonyl (C=O) groups excluding carboxylic acids is 1. The average molecular weight is 228 g/mol. The third kappa shape index (κ3) is 2.18. The largest absolute Gasteiger partial charge is 0.481 e. The summed E-state index contributed by atoms with van der Waals surface area (Å²) in [5.74, 6) is -1.45. The average Bonchev–Trinajstić information content (AvgIpc) is 2.29. The molecule has 1 N–H and O–H groups in total. The molecule has 0 amide bonds. The number of ketones is 1. The molecule has 0 unspecified atom stereocenters. The number of hydrogen-bond acceptors (Lipinski definition) is 2. The Morgan fingerprint density at radius 1 is 1.06 bits per heavy atom. The normalized spacial score (nSPS) is 10.4. The van der Waals surface area contributed by atoms with Crippen molar-refractivity contribution in [2.24, 2.45) is 0 Å². The van der Waals surface area contributed by atoms with Crippen molar-refractivity contribution in [1.29, 1.82) is 0 Å². The highest BCUT2D eigenvalue weighted by atomic mass is 16.4. The lowest BCUT2D eigenvalue weighted by atomic mass is 9.97. The van der Waals surface area contributed by atoms with Crippen LogP contribution in [0, 0.1) is 6.92 Å². The van der Waals surface area contributed by atoms with Gasteiger partial charge >= 0.3 is 5.97 Å². The van der Waals surface area contributed by atoms with E-state index in [2.05, 4.69) is 0 Å². The summed E-state index contributed by atoms with van der Waals surface area (Å²) in [6, 6.07) is 11.1. The van der Waals surface area contributed by atoms with Crippen molar-refractivity contribution in [3.63, 3.8) is 0 Å². The van der Waals surface area contributed by atoms with Gasteiger partial charge in [-0.15, -0.1) is 0 Å². The third-order valence-corrected chi connectivity index (χ3v) is 2.75. The van der Waals surface area contributed by atoms with E-state index in [-0.39, 0.29) is 5.78 Å². The Balaban J connectivity index is 2.59. The Kier molecular flexibility index (Phi) is 2.91. The molecule has 0 bridgehead atoms. The minimum Gasteiger partial charge on any atom is -0.481 e.